The molecule has 0 aliphatic heterocycles. The van der Waals surface area contributed by atoms with Crippen LogP contribution < -0.4 is 5.32 Å². The van der Waals surface area contributed by atoms with Gasteiger partial charge in [0.1, 0.15) is 6.61 Å². The number of rotatable bonds is 3. The second-order valence-electron chi connectivity index (χ2n) is 3.75. The Labute approximate surface area is 98.5 Å². The Bertz CT molecular complexity index is 437. The third-order valence-corrected chi connectivity index (χ3v) is 3.29. The van der Waals surface area contributed by atoms with Crippen molar-refractivity contribution in [3.05, 3.63) is 21.9 Å². The Kier molecular flexibility index (Phi) is 3.60. The van der Waals surface area contributed by atoms with Crippen LogP contribution in [0.15, 0.2) is 11.4 Å². The highest BCUT2D eigenvalue weighted by Gasteiger charge is 2.29. The summed E-state index contributed by atoms with van der Waals surface area (Å²) in [6.45, 7) is 0.463. The Balaban J connectivity index is 1.84. The summed E-state index contributed by atoms with van der Waals surface area (Å²) in [7, 11) is 0. The maximum Gasteiger partial charge on any atom is 0.223 e. The molecule has 0 radical (unpaired) electrons. The molecule has 1 aromatic rings. The van der Waals surface area contributed by atoms with Gasteiger partial charge in [-0.3, -0.25) is 4.79 Å². The number of hydrogen-bond donors (Lipinski definition) is 2. The van der Waals surface area contributed by atoms with Crippen molar-refractivity contribution in [1.29, 1.82) is 0 Å². The molecule has 1 fully saturated rings. The van der Waals surface area contributed by atoms with Gasteiger partial charge in [-0.15, -0.1) is 11.3 Å². The summed E-state index contributed by atoms with van der Waals surface area (Å²) in [6, 6.07) is 1.94. The van der Waals surface area contributed by atoms with Gasteiger partial charge in [-0.25, -0.2) is 0 Å². The first kappa shape index (κ1) is 11.2. The largest absolute Gasteiger partial charge is 0.384 e. The van der Waals surface area contributed by atoms with Crippen LogP contribution >= 0.6 is 11.3 Å². The predicted octanol–water partition coefficient (Wildman–Crippen LogP) is 1.12. The van der Waals surface area contributed by atoms with Gasteiger partial charge in [0.2, 0.25) is 5.91 Å². The molecule has 3 nitrogen and oxygen atoms in total. The lowest BCUT2D eigenvalue weighted by Crippen LogP contribution is -2.23. The van der Waals surface area contributed by atoms with E-state index in [1.807, 2.05) is 11.4 Å². The monoisotopic (exact) mass is 235 g/mol. The molecule has 0 saturated heterocycles. The van der Waals surface area contributed by atoms with Gasteiger partial charge < -0.3 is 10.4 Å². The van der Waals surface area contributed by atoms with Crippen LogP contribution in [-0.2, 0) is 11.3 Å². The summed E-state index contributed by atoms with van der Waals surface area (Å²) in [6.07, 6.45) is 2.06. The fourth-order valence-corrected chi connectivity index (χ4v) is 2.10. The van der Waals surface area contributed by atoms with Gasteiger partial charge in [-0.1, -0.05) is 11.8 Å². The smallest absolute Gasteiger partial charge is 0.223 e. The van der Waals surface area contributed by atoms with E-state index in [0.29, 0.717) is 6.54 Å². The van der Waals surface area contributed by atoms with Gasteiger partial charge in [-0.2, -0.15) is 0 Å². The molecule has 1 saturated carbocycles. The zero-order valence-electron chi connectivity index (χ0n) is 8.82. The first-order valence-corrected chi connectivity index (χ1v) is 6.12. The molecule has 4 heteroatoms. The van der Waals surface area contributed by atoms with Crippen molar-refractivity contribution in [2.75, 3.05) is 6.61 Å². The summed E-state index contributed by atoms with van der Waals surface area (Å²) in [5.41, 5.74) is 0.898. The minimum Gasteiger partial charge on any atom is -0.384 e. The Morgan fingerprint density at radius 1 is 1.62 bits per heavy atom. The first-order chi connectivity index (χ1) is 7.79. The van der Waals surface area contributed by atoms with Gasteiger partial charge in [-0.05, 0) is 18.9 Å². The second kappa shape index (κ2) is 5.15. The minimum absolute atomic E-state index is 0.121. The minimum atomic E-state index is -0.121. The molecule has 0 atom stereocenters. The zero-order chi connectivity index (χ0) is 11.4. The quantitative estimate of drug-likeness (QED) is 0.771. The van der Waals surface area contributed by atoms with Crippen LogP contribution in [0.2, 0.25) is 0 Å². The maximum atomic E-state index is 11.4. The number of thiophene rings is 1. The van der Waals surface area contributed by atoms with Gasteiger partial charge >= 0.3 is 0 Å². The van der Waals surface area contributed by atoms with Gasteiger partial charge in [0, 0.05) is 21.7 Å². The highest BCUT2D eigenvalue weighted by atomic mass is 32.1. The number of aliphatic hydroxyl groups is 1. The fourth-order valence-electron chi connectivity index (χ4n) is 1.34. The Hall–Kier alpha value is -1.31. The highest BCUT2D eigenvalue weighted by molar-refractivity contribution is 7.10. The van der Waals surface area contributed by atoms with Crippen LogP contribution in [0.1, 0.15) is 23.3 Å². The lowest BCUT2D eigenvalue weighted by molar-refractivity contribution is -0.122. The molecular formula is C12H13NO2S. The molecule has 2 rings (SSSR count). The van der Waals surface area contributed by atoms with Crippen molar-refractivity contribution >= 4 is 17.2 Å². The van der Waals surface area contributed by atoms with E-state index >= 15 is 0 Å². The number of amides is 1. The second-order valence-corrected chi connectivity index (χ2v) is 4.75. The van der Waals surface area contributed by atoms with Gasteiger partial charge in [0.25, 0.3) is 0 Å². The van der Waals surface area contributed by atoms with Crippen LogP contribution in [0.4, 0.5) is 0 Å². The average Bonchev–Trinajstić information content (AvgIpc) is 3.04. The van der Waals surface area contributed by atoms with Gasteiger partial charge in [0.15, 0.2) is 0 Å². The van der Waals surface area contributed by atoms with E-state index in [4.69, 9.17) is 5.11 Å². The van der Waals surface area contributed by atoms with Crippen molar-refractivity contribution in [1.82, 2.24) is 5.32 Å². The molecular weight excluding hydrogens is 222 g/mol. The molecule has 0 bridgehead atoms. The van der Waals surface area contributed by atoms with Crippen molar-refractivity contribution in [2.24, 2.45) is 5.92 Å². The van der Waals surface area contributed by atoms with E-state index in [9.17, 15) is 4.79 Å². The number of nitrogens with one attached hydrogen (secondary N) is 1. The molecule has 0 unspecified atom stereocenters. The molecule has 1 heterocycles. The number of carbonyl (C=O) groups is 1. The number of aliphatic hydroxyl groups excluding tert-OH is 1. The van der Waals surface area contributed by atoms with Crippen LogP contribution in [0.5, 0.6) is 0 Å². The normalized spacial score (nSPS) is 14.1. The number of hydrogen-bond acceptors (Lipinski definition) is 3. The standard InChI is InChI=1S/C12H13NO2S/c14-5-1-2-9-6-11(16-8-9)7-13-12(15)10-3-4-10/h6,8,10,14H,3-5,7H2,(H,13,15). The van der Waals surface area contributed by atoms with Crippen LogP contribution in [-0.4, -0.2) is 17.6 Å². The van der Waals surface area contributed by atoms with Crippen molar-refractivity contribution in [2.45, 2.75) is 19.4 Å². The van der Waals surface area contributed by atoms with E-state index < -0.39 is 0 Å². The molecule has 16 heavy (non-hydrogen) atoms. The molecule has 1 aliphatic rings. The topological polar surface area (TPSA) is 49.3 Å². The lowest BCUT2D eigenvalue weighted by atomic mass is 10.3. The predicted molar refractivity (Wildman–Crippen MR) is 62.9 cm³/mol. The summed E-state index contributed by atoms with van der Waals surface area (Å²) in [5, 5.41) is 13.4. The molecule has 1 aromatic heterocycles. The molecule has 84 valence electrons. The van der Waals surface area contributed by atoms with Crippen LogP contribution in [0.25, 0.3) is 0 Å². The summed E-state index contributed by atoms with van der Waals surface area (Å²) >= 11 is 1.58. The Morgan fingerprint density at radius 3 is 3.12 bits per heavy atom. The van der Waals surface area contributed by atoms with E-state index in [1.165, 1.54) is 0 Å². The molecule has 1 aliphatic carbocycles. The molecule has 0 aromatic carbocycles. The summed E-state index contributed by atoms with van der Waals surface area (Å²) in [5.74, 6) is 5.85. The third kappa shape index (κ3) is 3.09. The molecule has 1 amide bonds. The van der Waals surface area contributed by atoms with E-state index in [0.717, 1.165) is 23.3 Å². The third-order valence-electron chi connectivity index (χ3n) is 2.35. The van der Waals surface area contributed by atoms with Crippen molar-refractivity contribution in [3.63, 3.8) is 0 Å². The molecule has 2 N–H and O–H groups in total. The highest BCUT2D eigenvalue weighted by Crippen LogP contribution is 2.28. The van der Waals surface area contributed by atoms with E-state index in [-0.39, 0.29) is 18.4 Å². The van der Waals surface area contributed by atoms with Crippen LogP contribution in [0.3, 0.4) is 0 Å². The first-order valence-electron chi connectivity index (χ1n) is 5.24. The summed E-state index contributed by atoms with van der Waals surface area (Å²) in [4.78, 5) is 12.5. The average molecular weight is 235 g/mol. The van der Waals surface area contributed by atoms with E-state index in [2.05, 4.69) is 17.2 Å². The van der Waals surface area contributed by atoms with Gasteiger partial charge in [0.05, 0.1) is 6.54 Å². The van der Waals surface area contributed by atoms with E-state index in [1.54, 1.807) is 11.3 Å². The SMILES string of the molecule is O=C(NCc1cc(C#CCO)cs1)C1CC1. The summed E-state index contributed by atoms with van der Waals surface area (Å²) < 4.78 is 0. The maximum absolute atomic E-state index is 11.4. The van der Waals surface area contributed by atoms with Crippen molar-refractivity contribution in [3.8, 4) is 11.8 Å². The number of carbonyl (C=O) groups excluding carboxylic acids is 1. The fraction of sp³-hybridized carbons (Fsp3) is 0.417. The Morgan fingerprint density at radius 2 is 2.44 bits per heavy atom. The van der Waals surface area contributed by atoms with Crippen molar-refractivity contribution < 1.29 is 9.90 Å². The lowest BCUT2D eigenvalue weighted by Gasteiger charge is -2.00. The van der Waals surface area contributed by atoms with Crippen LogP contribution in [0, 0.1) is 17.8 Å². The molecule has 0 spiro atoms. The zero-order valence-corrected chi connectivity index (χ0v) is 9.64.